The molecular formula is C11H12ClNO2S. The number of carbonyl (C=O) groups is 1. The summed E-state index contributed by atoms with van der Waals surface area (Å²) in [6, 6.07) is 5.24. The molecule has 1 atom stereocenters. The van der Waals surface area contributed by atoms with Gasteiger partial charge in [-0.15, -0.1) is 11.8 Å². The highest BCUT2D eigenvalue weighted by Gasteiger charge is 2.36. The van der Waals surface area contributed by atoms with Crippen LogP contribution in [0.15, 0.2) is 23.1 Å². The lowest BCUT2D eigenvalue weighted by atomic mass is 10.3. The van der Waals surface area contributed by atoms with E-state index in [1.165, 1.54) is 11.8 Å². The van der Waals surface area contributed by atoms with E-state index >= 15 is 0 Å². The van der Waals surface area contributed by atoms with Crippen molar-refractivity contribution in [1.82, 2.24) is 0 Å². The second-order valence-electron chi connectivity index (χ2n) is 3.90. The molecule has 1 aliphatic carbocycles. The maximum Gasteiger partial charge on any atom is 0.317 e. The molecule has 1 fully saturated rings. The Bertz CT molecular complexity index is 420. The Morgan fingerprint density at radius 1 is 1.56 bits per heavy atom. The molecule has 3 nitrogen and oxygen atoms in total. The number of rotatable bonds is 4. The van der Waals surface area contributed by atoms with E-state index in [-0.39, 0.29) is 5.25 Å². The standard InChI is InChI=1S/C11H12ClNO2S/c12-8-5-7(3-4-9(8)13)16-10(11(14)15)6-1-2-6/h3-6,10H,1-2,13H2,(H,14,15). The smallest absolute Gasteiger partial charge is 0.317 e. The Kier molecular flexibility index (Phi) is 3.30. The summed E-state index contributed by atoms with van der Waals surface area (Å²) in [5, 5.41) is 9.21. The average Bonchev–Trinajstić information content (AvgIpc) is 3.03. The maximum atomic E-state index is 11.1. The molecule has 0 bridgehead atoms. The summed E-state index contributed by atoms with van der Waals surface area (Å²) in [4.78, 5) is 11.9. The molecule has 1 saturated carbocycles. The molecule has 0 aliphatic heterocycles. The molecule has 0 amide bonds. The number of carboxylic acids is 1. The first-order valence-electron chi connectivity index (χ1n) is 5.02. The molecule has 3 N–H and O–H groups in total. The summed E-state index contributed by atoms with van der Waals surface area (Å²) in [5.74, 6) is -0.445. The van der Waals surface area contributed by atoms with Crippen molar-refractivity contribution < 1.29 is 9.90 Å². The fourth-order valence-corrected chi connectivity index (χ4v) is 2.91. The highest BCUT2D eigenvalue weighted by atomic mass is 35.5. The number of nitrogens with two attached hydrogens (primary N) is 1. The van der Waals surface area contributed by atoms with Crippen molar-refractivity contribution in [3.05, 3.63) is 23.2 Å². The lowest BCUT2D eigenvalue weighted by molar-refractivity contribution is -0.136. The van der Waals surface area contributed by atoms with Crippen molar-refractivity contribution in [2.75, 3.05) is 5.73 Å². The van der Waals surface area contributed by atoms with Crippen LogP contribution in [0.3, 0.4) is 0 Å². The zero-order valence-electron chi connectivity index (χ0n) is 8.52. The van der Waals surface area contributed by atoms with Gasteiger partial charge in [0.05, 0.1) is 10.7 Å². The summed E-state index contributed by atoms with van der Waals surface area (Å²) in [7, 11) is 0. The van der Waals surface area contributed by atoms with Crippen LogP contribution in [0.2, 0.25) is 5.02 Å². The number of thioether (sulfide) groups is 1. The van der Waals surface area contributed by atoms with E-state index in [2.05, 4.69) is 0 Å². The van der Waals surface area contributed by atoms with Gasteiger partial charge in [-0.25, -0.2) is 0 Å². The van der Waals surface area contributed by atoms with E-state index in [4.69, 9.17) is 22.4 Å². The van der Waals surface area contributed by atoms with Crippen molar-refractivity contribution in [3.8, 4) is 0 Å². The first-order chi connectivity index (χ1) is 7.58. The average molecular weight is 258 g/mol. The number of carboxylic acid groups (broad SMARTS) is 1. The van der Waals surface area contributed by atoms with Gasteiger partial charge >= 0.3 is 5.97 Å². The predicted octanol–water partition coefficient (Wildman–Crippen LogP) is 2.88. The molecule has 2 rings (SSSR count). The third-order valence-electron chi connectivity index (χ3n) is 2.53. The molecule has 1 aliphatic rings. The van der Waals surface area contributed by atoms with Crippen LogP contribution in [0.25, 0.3) is 0 Å². The largest absolute Gasteiger partial charge is 0.480 e. The summed E-state index contributed by atoms with van der Waals surface area (Å²) < 4.78 is 0. The zero-order chi connectivity index (χ0) is 11.7. The van der Waals surface area contributed by atoms with Gasteiger partial charge in [-0.1, -0.05) is 11.6 Å². The molecule has 0 spiro atoms. The second kappa shape index (κ2) is 4.55. The Morgan fingerprint density at radius 3 is 2.75 bits per heavy atom. The van der Waals surface area contributed by atoms with Gasteiger partial charge in [0.1, 0.15) is 5.25 Å². The van der Waals surface area contributed by atoms with E-state index in [9.17, 15) is 4.79 Å². The monoisotopic (exact) mass is 257 g/mol. The Balaban J connectivity index is 2.12. The summed E-state index contributed by atoms with van der Waals surface area (Å²) in [6.07, 6.45) is 2.01. The number of anilines is 1. The van der Waals surface area contributed by atoms with Gasteiger partial charge in [0.2, 0.25) is 0 Å². The summed E-state index contributed by atoms with van der Waals surface area (Å²) in [5.41, 5.74) is 6.11. The van der Waals surface area contributed by atoms with Crippen LogP contribution in [0.5, 0.6) is 0 Å². The quantitative estimate of drug-likeness (QED) is 0.643. The summed E-state index contributed by atoms with van der Waals surface area (Å²) >= 11 is 7.24. The van der Waals surface area contributed by atoms with Gasteiger partial charge in [0.15, 0.2) is 0 Å². The van der Waals surface area contributed by atoms with E-state index in [0.29, 0.717) is 16.6 Å². The molecule has 1 aromatic carbocycles. The molecule has 0 aromatic heterocycles. The van der Waals surface area contributed by atoms with Crippen LogP contribution in [0, 0.1) is 5.92 Å². The Hall–Kier alpha value is -0.870. The van der Waals surface area contributed by atoms with E-state index in [0.717, 1.165) is 17.7 Å². The Morgan fingerprint density at radius 2 is 2.25 bits per heavy atom. The summed E-state index contributed by atoms with van der Waals surface area (Å²) in [6.45, 7) is 0. The number of hydrogen-bond donors (Lipinski definition) is 2. The van der Waals surface area contributed by atoms with Crippen molar-refractivity contribution >= 4 is 35.0 Å². The molecular weight excluding hydrogens is 246 g/mol. The zero-order valence-corrected chi connectivity index (χ0v) is 10.1. The number of nitrogen functional groups attached to an aromatic ring is 1. The molecule has 1 unspecified atom stereocenters. The van der Waals surface area contributed by atoms with Crippen LogP contribution < -0.4 is 5.73 Å². The minimum atomic E-state index is -0.750. The first kappa shape index (κ1) is 11.6. The van der Waals surface area contributed by atoms with Gasteiger partial charge in [-0.3, -0.25) is 4.79 Å². The third-order valence-corrected chi connectivity index (χ3v) is 4.22. The molecule has 0 radical (unpaired) electrons. The van der Waals surface area contributed by atoms with Gasteiger partial charge in [-0.2, -0.15) is 0 Å². The number of aliphatic carboxylic acids is 1. The second-order valence-corrected chi connectivity index (χ2v) is 5.52. The van der Waals surface area contributed by atoms with E-state index < -0.39 is 5.97 Å². The maximum absolute atomic E-state index is 11.1. The molecule has 0 saturated heterocycles. The van der Waals surface area contributed by atoms with Crippen molar-refractivity contribution in [2.24, 2.45) is 5.92 Å². The number of halogens is 1. The highest BCUT2D eigenvalue weighted by molar-refractivity contribution is 8.00. The van der Waals surface area contributed by atoms with Crippen molar-refractivity contribution in [2.45, 2.75) is 23.0 Å². The molecule has 16 heavy (non-hydrogen) atoms. The SMILES string of the molecule is Nc1ccc(SC(C(=O)O)C2CC2)cc1Cl. The topological polar surface area (TPSA) is 63.3 Å². The lowest BCUT2D eigenvalue weighted by Crippen LogP contribution is -2.18. The molecule has 86 valence electrons. The predicted molar refractivity (Wildman–Crippen MR) is 65.9 cm³/mol. The van der Waals surface area contributed by atoms with Crippen LogP contribution in [-0.4, -0.2) is 16.3 Å². The van der Waals surface area contributed by atoms with Crippen molar-refractivity contribution in [1.29, 1.82) is 0 Å². The van der Waals surface area contributed by atoms with Crippen LogP contribution in [0.4, 0.5) is 5.69 Å². The van der Waals surface area contributed by atoms with Crippen molar-refractivity contribution in [3.63, 3.8) is 0 Å². The highest BCUT2D eigenvalue weighted by Crippen LogP contribution is 2.42. The normalized spacial score (nSPS) is 17.1. The van der Waals surface area contributed by atoms with Gasteiger partial charge in [0.25, 0.3) is 0 Å². The number of hydrogen-bond acceptors (Lipinski definition) is 3. The molecule has 0 heterocycles. The minimum absolute atomic E-state index is 0.304. The first-order valence-corrected chi connectivity index (χ1v) is 6.28. The molecule has 5 heteroatoms. The number of benzene rings is 1. The van der Waals surface area contributed by atoms with Crippen LogP contribution in [-0.2, 0) is 4.79 Å². The minimum Gasteiger partial charge on any atom is -0.480 e. The fraction of sp³-hybridized carbons (Fsp3) is 0.364. The molecule has 1 aromatic rings. The van der Waals surface area contributed by atoms with Crippen LogP contribution in [0.1, 0.15) is 12.8 Å². The fourth-order valence-electron chi connectivity index (χ4n) is 1.48. The van der Waals surface area contributed by atoms with E-state index in [1.807, 2.05) is 6.07 Å². The van der Waals surface area contributed by atoms with Gasteiger partial charge < -0.3 is 10.8 Å². The van der Waals surface area contributed by atoms with Crippen LogP contribution >= 0.6 is 23.4 Å². The third kappa shape index (κ3) is 2.62. The lowest BCUT2D eigenvalue weighted by Gasteiger charge is -2.11. The van der Waals surface area contributed by atoms with Gasteiger partial charge in [0, 0.05) is 4.90 Å². The van der Waals surface area contributed by atoms with E-state index in [1.54, 1.807) is 12.1 Å². The Labute approximate surface area is 103 Å². The van der Waals surface area contributed by atoms with Gasteiger partial charge in [-0.05, 0) is 37.0 Å².